The molecule has 3 aromatic rings. The summed E-state index contributed by atoms with van der Waals surface area (Å²) in [6.45, 7) is 0.0698. The molecule has 6 nitrogen and oxygen atoms in total. The Morgan fingerprint density at radius 1 is 1.16 bits per heavy atom. The molecule has 0 atom stereocenters. The van der Waals surface area contributed by atoms with Gasteiger partial charge in [0.1, 0.15) is 6.54 Å². The summed E-state index contributed by atoms with van der Waals surface area (Å²) in [4.78, 5) is 23.3. The number of nitrogens with one attached hydrogen (secondary N) is 1. The van der Waals surface area contributed by atoms with Gasteiger partial charge < -0.3 is 10.3 Å². The molecule has 0 unspecified atom stereocenters. The van der Waals surface area contributed by atoms with Gasteiger partial charge in [0.25, 0.3) is 5.91 Å². The normalized spacial score (nSPS) is 11.1. The number of aromatic nitrogens is 1. The van der Waals surface area contributed by atoms with Crippen molar-refractivity contribution in [3.8, 4) is 0 Å². The number of rotatable bonds is 5. The molecule has 2 aromatic carbocycles. The minimum absolute atomic E-state index is 0.0698. The molecule has 0 aliphatic heterocycles. The zero-order chi connectivity index (χ0) is 17.8. The summed E-state index contributed by atoms with van der Waals surface area (Å²) in [6.07, 6.45) is 3.29. The molecule has 0 saturated heterocycles. The number of amides is 2. The van der Waals surface area contributed by atoms with Crippen LogP contribution < -0.4 is 11.2 Å². The molecule has 0 aliphatic rings. The van der Waals surface area contributed by atoms with Gasteiger partial charge in [-0.2, -0.15) is 5.10 Å². The van der Waals surface area contributed by atoms with E-state index in [9.17, 15) is 9.59 Å². The number of carbonyl (C=O) groups is 2. The van der Waals surface area contributed by atoms with Crippen LogP contribution in [0, 0.1) is 0 Å². The van der Waals surface area contributed by atoms with Gasteiger partial charge in [-0.05, 0) is 18.2 Å². The molecule has 126 valence electrons. The van der Waals surface area contributed by atoms with Crippen LogP contribution in [0.5, 0.6) is 0 Å². The molecular formula is C18H15ClN4O2. The highest BCUT2D eigenvalue weighted by atomic mass is 35.5. The van der Waals surface area contributed by atoms with Gasteiger partial charge >= 0.3 is 0 Å². The SMILES string of the molecule is NC(=O)Cn1cc(C=NNC(=O)c2ccccc2Cl)c2ccccc21. The fourth-order valence-electron chi connectivity index (χ4n) is 2.54. The first-order valence-corrected chi connectivity index (χ1v) is 7.88. The number of hydrogen-bond donors (Lipinski definition) is 2. The molecule has 7 heteroatoms. The highest BCUT2D eigenvalue weighted by Gasteiger charge is 2.10. The van der Waals surface area contributed by atoms with Crippen LogP contribution in [0.15, 0.2) is 59.8 Å². The van der Waals surface area contributed by atoms with Gasteiger partial charge in [0.05, 0.1) is 16.8 Å². The standard InChI is InChI=1S/C18H15ClN4O2/c19-15-7-3-1-6-14(15)18(25)22-21-9-12-10-23(11-17(20)24)16-8-4-2-5-13(12)16/h1-10H,11H2,(H2,20,24)(H,22,25). The lowest BCUT2D eigenvalue weighted by molar-refractivity contribution is -0.118. The van der Waals surface area contributed by atoms with Crippen molar-refractivity contribution in [2.24, 2.45) is 10.8 Å². The quantitative estimate of drug-likeness (QED) is 0.544. The predicted molar refractivity (Wildman–Crippen MR) is 97.6 cm³/mol. The first-order chi connectivity index (χ1) is 12.1. The number of hydrogen-bond acceptors (Lipinski definition) is 3. The van der Waals surface area contributed by atoms with E-state index < -0.39 is 11.8 Å². The van der Waals surface area contributed by atoms with E-state index in [1.165, 1.54) is 6.21 Å². The number of hydrazone groups is 1. The average Bonchev–Trinajstić information content (AvgIpc) is 2.93. The first kappa shape index (κ1) is 16.7. The summed E-state index contributed by atoms with van der Waals surface area (Å²) >= 11 is 5.99. The third-order valence-electron chi connectivity index (χ3n) is 3.63. The van der Waals surface area contributed by atoms with Crippen LogP contribution in [-0.4, -0.2) is 22.6 Å². The number of halogens is 1. The number of benzene rings is 2. The smallest absolute Gasteiger partial charge is 0.272 e. The van der Waals surface area contributed by atoms with Crippen molar-refractivity contribution in [2.75, 3.05) is 0 Å². The second-order valence-electron chi connectivity index (χ2n) is 5.37. The molecule has 1 aromatic heterocycles. The molecule has 1 heterocycles. The topological polar surface area (TPSA) is 89.5 Å². The van der Waals surface area contributed by atoms with Crippen LogP contribution >= 0.6 is 11.6 Å². The Morgan fingerprint density at radius 3 is 2.64 bits per heavy atom. The van der Waals surface area contributed by atoms with E-state index in [0.717, 1.165) is 16.5 Å². The molecule has 0 spiro atoms. The molecule has 2 amide bonds. The lowest BCUT2D eigenvalue weighted by Gasteiger charge is -2.01. The summed E-state index contributed by atoms with van der Waals surface area (Å²) < 4.78 is 1.74. The van der Waals surface area contributed by atoms with Crippen LogP contribution in [0.4, 0.5) is 0 Å². The van der Waals surface area contributed by atoms with Crippen molar-refractivity contribution in [2.45, 2.75) is 6.54 Å². The van der Waals surface area contributed by atoms with Crippen LogP contribution in [-0.2, 0) is 11.3 Å². The molecule has 0 saturated carbocycles. The maximum atomic E-state index is 12.1. The van der Waals surface area contributed by atoms with E-state index in [4.69, 9.17) is 17.3 Å². The lowest BCUT2D eigenvalue weighted by Crippen LogP contribution is -2.18. The third kappa shape index (κ3) is 3.70. The number of nitrogens with two attached hydrogens (primary N) is 1. The molecule has 0 radical (unpaired) electrons. The zero-order valence-electron chi connectivity index (χ0n) is 13.1. The van der Waals surface area contributed by atoms with Gasteiger partial charge in [-0.25, -0.2) is 5.43 Å². The second kappa shape index (κ2) is 7.19. The van der Waals surface area contributed by atoms with Gasteiger partial charge in [-0.15, -0.1) is 0 Å². The third-order valence-corrected chi connectivity index (χ3v) is 3.96. The van der Waals surface area contributed by atoms with Crippen molar-refractivity contribution in [1.29, 1.82) is 0 Å². The van der Waals surface area contributed by atoms with E-state index in [1.807, 2.05) is 24.3 Å². The summed E-state index contributed by atoms with van der Waals surface area (Å²) in [7, 11) is 0. The molecule has 0 bridgehead atoms. The van der Waals surface area contributed by atoms with Crippen LogP contribution in [0.2, 0.25) is 5.02 Å². The highest BCUT2D eigenvalue weighted by Crippen LogP contribution is 2.20. The van der Waals surface area contributed by atoms with Crippen LogP contribution in [0.3, 0.4) is 0 Å². The van der Waals surface area contributed by atoms with Gasteiger partial charge in [0, 0.05) is 22.7 Å². The summed E-state index contributed by atoms with van der Waals surface area (Å²) in [5.74, 6) is -0.834. The molecule has 25 heavy (non-hydrogen) atoms. The maximum Gasteiger partial charge on any atom is 0.272 e. The summed E-state index contributed by atoms with van der Waals surface area (Å²) in [5.41, 5.74) is 9.70. The Labute approximate surface area is 148 Å². The summed E-state index contributed by atoms with van der Waals surface area (Å²) in [6, 6.07) is 14.3. The van der Waals surface area contributed by atoms with E-state index in [0.29, 0.717) is 10.6 Å². The van der Waals surface area contributed by atoms with Crippen molar-refractivity contribution in [3.05, 3.63) is 70.9 Å². The molecule has 0 aliphatic carbocycles. The summed E-state index contributed by atoms with van der Waals surface area (Å²) in [5, 5.41) is 5.25. The highest BCUT2D eigenvalue weighted by molar-refractivity contribution is 6.33. The largest absolute Gasteiger partial charge is 0.368 e. The number of nitrogens with zero attached hydrogens (tertiary/aromatic N) is 2. The fraction of sp³-hybridized carbons (Fsp3) is 0.0556. The Balaban J connectivity index is 1.83. The minimum atomic E-state index is -0.434. The van der Waals surface area contributed by atoms with E-state index in [2.05, 4.69) is 10.5 Å². The van der Waals surface area contributed by atoms with Gasteiger partial charge in [-0.1, -0.05) is 41.9 Å². The van der Waals surface area contributed by atoms with E-state index in [-0.39, 0.29) is 6.54 Å². The van der Waals surface area contributed by atoms with Crippen molar-refractivity contribution in [3.63, 3.8) is 0 Å². The monoisotopic (exact) mass is 354 g/mol. The van der Waals surface area contributed by atoms with Crippen LogP contribution in [0.1, 0.15) is 15.9 Å². The van der Waals surface area contributed by atoms with Gasteiger partial charge in [-0.3, -0.25) is 9.59 Å². The number of fused-ring (bicyclic) bond motifs is 1. The molecule has 3 N–H and O–H groups in total. The van der Waals surface area contributed by atoms with E-state index in [1.54, 1.807) is 35.0 Å². The Hall–Kier alpha value is -3.12. The van der Waals surface area contributed by atoms with Crippen LogP contribution in [0.25, 0.3) is 10.9 Å². The molecule has 0 fully saturated rings. The first-order valence-electron chi connectivity index (χ1n) is 7.50. The number of para-hydroxylation sites is 1. The van der Waals surface area contributed by atoms with Crippen molar-refractivity contribution < 1.29 is 9.59 Å². The average molecular weight is 355 g/mol. The Kier molecular flexibility index (Phi) is 4.81. The minimum Gasteiger partial charge on any atom is -0.368 e. The van der Waals surface area contributed by atoms with Gasteiger partial charge in [0.15, 0.2) is 0 Å². The van der Waals surface area contributed by atoms with Crippen molar-refractivity contribution >= 4 is 40.5 Å². The second-order valence-corrected chi connectivity index (χ2v) is 5.78. The maximum absolute atomic E-state index is 12.1. The van der Waals surface area contributed by atoms with E-state index >= 15 is 0 Å². The number of primary amides is 1. The predicted octanol–water partition coefficient (Wildman–Crippen LogP) is 2.54. The zero-order valence-corrected chi connectivity index (χ0v) is 13.9. The molecular weight excluding hydrogens is 340 g/mol. The van der Waals surface area contributed by atoms with Crippen molar-refractivity contribution in [1.82, 2.24) is 9.99 Å². The van der Waals surface area contributed by atoms with Gasteiger partial charge in [0.2, 0.25) is 5.91 Å². The fourth-order valence-corrected chi connectivity index (χ4v) is 2.76. The Bertz CT molecular complexity index is 978. The molecule has 3 rings (SSSR count). The lowest BCUT2D eigenvalue weighted by atomic mass is 10.2. The Morgan fingerprint density at radius 2 is 1.88 bits per heavy atom. The number of carbonyl (C=O) groups excluding carboxylic acids is 2.